The zero-order valence-electron chi connectivity index (χ0n) is 12.8. The van der Waals surface area contributed by atoms with Gasteiger partial charge in [-0.25, -0.2) is 0 Å². The van der Waals surface area contributed by atoms with Gasteiger partial charge >= 0.3 is 0 Å². The van der Waals surface area contributed by atoms with E-state index in [4.69, 9.17) is 16.6 Å². The number of nitrogens with zero attached hydrogens (tertiary/aromatic N) is 1. The number of Topliss-reactive ketones (excluding diaryl/α,β-unsaturated/α-hetero) is 1. The summed E-state index contributed by atoms with van der Waals surface area (Å²) >= 11 is 5.95. The molecule has 0 fully saturated rings. The van der Waals surface area contributed by atoms with Crippen LogP contribution >= 0.6 is 11.6 Å². The topological polar surface area (TPSA) is 29.4 Å². The predicted molar refractivity (Wildman–Crippen MR) is 97.6 cm³/mol. The third-order valence-corrected chi connectivity index (χ3v) is 4.47. The lowest BCUT2D eigenvalue weighted by Crippen LogP contribution is -2.13. The summed E-state index contributed by atoms with van der Waals surface area (Å²) in [5.41, 5.74) is 4.20. The third kappa shape index (κ3) is 2.55. The van der Waals surface area contributed by atoms with Crippen molar-refractivity contribution in [3.05, 3.63) is 101 Å². The number of aliphatic imine (C=N–C) groups is 1. The minimum absolute atomic E-state index is 0.101. The molecular formula is C21H14ClNO. The smallest absolute Gasteiger partial charge is 0.176 e. The minimum atomic E-state index is -0.362. The molecule has 0 heterocycles. The van der Waals surface area contributed by atoms with Gasteiger partial charge in [-0.05, 0) is 29.8 Å². The van der Waals surface area contributed by atoms with Gasteiger partial charge in [0, 0.05) is 16.1 Å². The number of hydrogen-bond donors (Lipinski definition) is 0. The van der Waals surface area contributed by atoms with Crippen LogP contribution in [0.1, 0.15) is 27.4 Å². The number of rotatable bonds is 2. The van der Waals surface area contributed by atoms with Gasteiger partial charge in [-0.3, -0.25) is 9.79 Å². The minimum Gasteiger partial charge on any atom is -0.293 e. The number of benzene rings is 3. The van der Waals surface area contributed by atoms with Crippen molar-refractivity contribution in [2.45, 2.75) is 5.92 Å². The average molecular weight is 332 g/mol. The molecule has 3 aromatic carbocycles. The van der Waals surface area contributed by atoms with Gasteiger partial charge in [-0.2, -0.15) is 0 Å². The van der Waals surface area contributed by atoms with E-state index >= 15 is 0 Å². The number of fused-ring (bicyclic) bond motifs is 1. The van der Waals surface area contributed by atoms with Crippen LogP contribution in [-0.4, -0.2) is 11.5 Å². The second kappa shape index (κ2) is 6.06. The molecule has 0 bridgehead atoms. The molecule has 3 heteroatoms. The summed E-state index contributed by atoms with van der Waals surface area (Å²) in [6, 6.07) is 24.8. The Hall–Kier alpha value is -2.71. The van der Waals surface area contributed by atoms with Crippen LogP contribution in [0.3, 0.4) is 0 Å². The van der Waals surface area contributed by atoms with Crippen LogP contribution < -0.4 is 0 Å². The normalized spacial score (nSPS) is 18.0. The molecule has 2 nitrogen and oxygen atoms in total. The van der Waals surface area contributed by atoms with Crippen LogP contribution in [0.15, 0.2) is 83.9 Å². The lowest BCUT2D eigenvalue weighted by atomic mass is 9.93. The third-order valence-electron chi connectivity index (χ3n) is 4.21. The summed E-state index contributed by atoms with van der Waals surface area (Å²) in [5.74, 6) is -0.260. The quantitative estimate of drug-likeness (QED) is 0.614. The highest BCUT2D eigenvalue weighted by Gasteiger charge is 2.37. The van der Waals surface area contributed by atoms with Gasteiger partial charge in [0.25, 0.3) is 0 Å². The summed E-state index contributed by atoms with van der Waals surface area (Å²) in [6.45, 7) is 0. The van der Waals surface area contributed by atoms with E-state index in [0.717, 1.165) is 28.1 Å². The van der Waals surface area contributed by atoms with Gasteiger partial charge in [0.05, 0.1) is 17.3 Å². The molecule has 3 aromatic rings. The van der Waals surface area contributed by atoms with Gasteiger partial charge < -0.3 is 0 Å². The maximum atomic E-state index is 12.9. The molecule has 0 N–H and O–H groups in total. The van der Waals surface area contributed by atoms with Crippen LogP contribution in [-0.2, 0) is 0 Å². The lowest BCUT2D eigenvalue weighted by Gasteiger charge is -2.11. The molecule has 0 amide bonds. The molecule has 1 atom stereocenters. The molecule has 0 aliphatic heterocycles. The van der Waals surface area contributed by atoms with Crippen molar-refractivity contribution in [2.75, 3.05) is 0 Å². The molecule has 0 saturated carbocycles. The SMILES string of the molecule is O=C1c2ccccc2C(=Nc2ccc(Cl)cc2)[C@H]1c1ccccc1. The van der Waals surface area contributed by atoms with Crippen molar-refractivity contribution in [1.29, 1.82) is 0 Å². The van der Waals surface area contributed by atoms with E-state index < -0.39 is 0 Å². The highest BCUT2D eigenvalue weighted by molar-refractivity contribution is 6.32. The van der Waals surface area contributed by atoms with Crippen LogP contribution in [0.4, 0.5) is 5.69 Å². The Morgan fingerprint density at radius 1 is 0.750 bits per heavy atom. The van der Waals surface area contributed by atoms with Gasteiger partial charge in [0.1, 0.15) is 0 Å². The molecule has 1 aliphatic rings. The highest BCUT2D eigenvalue weighted by atomic mass is 35.5. The first-order valence-corrected chi connectivity index (χ1v) is 8.14. The maximum Gasteiger partial charge on any atom is 0.176 e. The van der Waals surface area contributed by atoms with Crippen molar-refractivity contribution in [2.24, 2.45) is 4.99 Å². The fraction of sp³-hybridized carbons (Fsp3) is 0.0476. The number of carbonyl (C=O) groups excluding carboxylic acids is 1. The number of ketones is 1. The summed E-state index contributed by atoms with van der Waals surface area (Å²) in [5, 5.41) is 0.668. The summed E-state index contributed by atoms with van der Waals surface area (Å²) in [4.78, 5) is 17.7. The molecule has 1 aliphatic carbocycles. The average Bonchev–Trinajstić information content (AvgIpc) is 2.90. The molecule has 0 spiro atoms. The van der Waals surface area contributed by atoms with Crippen molar-refractivity contribution >= 4 is 28.8 Å². The van der Waals surface area contributed by atoms with Crippen LogP contribution in [0, 0.1) is 0 Å². The number of halogens is 1. The fourth-order valence-electron chi connectivity index (χ4n) is 3.09. The zero-order chi connectivity index (χ0) is 16.5. The molecule has 4 rings (SSSR count). The number of hydrogen-bond acceptors (Lipinski definition) is 2. The highest BCUT2D eigenvalue weighted by Crippen LogP contribution is 2.36. The van der Waals surface area contributed by atoms with Gasteiger partial charge in [0.2, 0.25) is 0 Å². The van der Waals surface area contributed by atoms with Crippen LogP contribution in [0.2, 0.25) is 5.02 Å². The second-order valence-corrected chi connectivity index (χ2v) is 6.16. The summed E-state index contributed by atoms with van der Waals surface area (Å²) in [6.07, 6.45) is 0. The van der Waals surface area contributed by atoms with E-state index in [1.54, 1.807) is 12.1 Å². The second-order valence-electron chi connectivity index (χ2n) is 5.73. The van der Waals surface area contributed by atoms with E-state index in [0.29, 0.717) is 5.02 Å². The van der Waals surface area contributed by atoms with Gasteiger partial charge in [0.15, 0.2) is 5.78 Å². The van der Waals surface area contributed by atoms with Crippen molar-refractivity contribution in [3.8, 4) is 0 Å². The largest absolute Gasteiger partial charge is 0.293 e. The van der Waals surface area contributed by atoms with E-state index in [9.17, 15) is 4.79 Å². The van der Waals surface area contributed by atoms with E-state index in [2.05, 4.69) is 0 Å². The van der Waals surface area contributed by atoms with Crippen molar-refractivity contribution in [3.63, 3.8) is 0 Å². The number of carbonyl (C=O) groups is 1. The molecule has 116 valence electrons. The van der Waals surface area contributed by atoms with E-state index in [1.807, 2.05) is 66.7 Å². The van der Waals surface area contributed by atoms with Crippen molar-refractivity contribution < 1.29 is 4.79 Å². The molecule has 0 aromatic heterocycles. The Bertz CT molecular complexity index is 930. The first-order valence-electron chi connectivity index (χ1n) is 7.77. The Morgan fingerprint density at radius 2 is 1.38 bits per heavy atom. The van der Waals surface area contributed by atoms with Crippen LogP contribution in [0.25, 0.3) is 0 Å². The predicted octanol–water partition coefficient (Wildman–Crippen LogP) is 5.44. The summed E-state index contributed by atoms with van der Waals surface area (Å²) in [7, 11) is 0. The van der Waals surface area contributed by atoms with Gasteiger partial charge in [-0.15, -0.1) is 0 Å². The first-order chi connectivity index (χ1) is 11.7. The van der Waals surface area contributed by atoms with Gasteiger partial charge in [-0.1, -0.05) is 66.2 Å². The zero-order valence-corrected chi connectivity index (χ0v) is 13.6. The fourth-order valence-corrected chi connectivity index (χ4v) is 3.22. The molecule has 0 unspecified atom stereocenters. The Morgan fingerprint density at radius 3 is 2.08 bits per heavy atom. The standard InChI is InChI=1S/C21H14ClNO/c22-15-10-12-16(13-11-15)23-20-17-8-4-5-9-18(17)21(24)19(20)14-6-2-1-3-7-14/h1-13,19H/t19-/m1/s1. The van der Waals surface area contributed by atoms with E-state index in [-0.39, 0.29) is 11.7 Å². The maximum absolute atomic E-state index is 12.9. The Kier molecular flexibility index (Phi) is 3.75. The molecular weight excluding hydrogens is 318 g/mol. The molecule has 0 saturated heterocycles. The van der Waals surface area contributed by atoms with Crippen molar-refractivity contribution in [1.82, 2.24) is 0 Å². The Labute approximate surface area is 145 Å². The lowest BCUT2D eigenvalue weighted by molar-refractivity contribution is 0.0988. The van der Waals surface area contributed by atoms with Crippen LogP contribution in [0.5, 0.6) is 0 Å². The molecule has 0 radical (unpaired) electrons. The van der Waals surface area contributed by atoms with E-state index in [1.165, 1.54) is 0 Å². The monoisotopic (exact) mass is 331 g/mol. The Balaban J connectivity index is 1.89. The summed E-state index contributed by atoms with van der Waals surface area (Å²) < 4.78 is 0. The first kappa shape index (κ1) is 14.9. The molecule has 24 heavy (non-hydrogen) atoms.